The first-order valence-electron chi connectivity index (χ1n) is 7.65. The van der Waals surface area contributed by atoms with E-state index in [-0.39, 0.29) is 5.78 Å². The monoisotopic (exact) mass is 317 g/mol. The number of fused-ring (bicyclic) bond motifs is 2. The molecule has 5 heteroatoms. The van der Waals surface area contributed by atoms with Crippen molar-refractivity contribution in [3.63, 3.8) is 0 Å². The molecule has 0 atom stereocenters. The fourth-order valence-electron chi connectivity index (χ4n) is 2.85. The van der Waals surface area contributed by atoms with Gasteiger partial charge >= 0.3 is 0 Å². The predicted molar refractivity (Wildman–Crippen MR) is 90.0 cm³/mol. The van der Waals surface area contributed by atoms with Crippen LogP contribution in [0.3, 0.4) is 0 Å². The van der Waals surface area contributed by atoms with Gasteiger partial charge in [0.15, 0.2) is 0 Å². The van der Waals surface area contributed by atoms with Crippen molar-refractivity contribution in [2.24, 2.45) is 12.2 Å². The van der Waals surface area contributed by atoms with Crippen molar-refractivity contribution in [1.82, 2.24) is 9.55 Å². The van der Waals surface area contributed by atoms with Gasteiger partial charge in [0.2, 0.25) is 5.78 Å². The molecular formula is C19H15N3O2. The van der Waals surface area contributed by atoms with Crippen LogP contribution in [-0.4, -0.2) is 21.0 Å². The van der Waals surface area contributed by atoms with Crippen LogP contribution in [-0.2, 0) is 18.5 Å². The van der Waals surface area contributed by atoms with Crippen LogP contribution in [0.5, 0.6) is 0 Å². The number of hydrogen-bond donors (Lipinski definition) is 0. The number of imidazole rings is 1. The Morgan fingerprint density at radius 1 is 1.04 bits per heavy atom. The second-order valence-electron chi connectivity index (χ2n) is 5.63. The number of benzene rings is 2. The maximum absolute atomic E-state index is 12.7. The summed E-state index contributed by atoms with van der Waals surface area (Å²) in [6.07, 6.45) is 1.63. The number of nitrogens with zero attached hydrogens (tertiary/aromatic N) is 3. The molecule has 1 heterocycles. The van der Waals surface area contributed by atoms with Crippen LogP contribution in [0.15, 0.2) is 66.1 Å². The lowest BCUT2D eigenvalue weighted by Gasteiger charge is -2.17. The molecule has 0 unspecified atom stereocenters. The van der Waals surface area contributed by atoms with Crippen molar-refractivity contribution >= 4 is 11.5 Å². The molecular weight excluding hydrogens is 302 g/mol. The van der Waals surface area contributed by atoms with E-state index in [1.54, 1.807) is 24.0 Å². The molecule has 4 rings (SSSR count). The highest BCUT2D eigenvalue weighted by molar-refractivity contribution is 6.28. The first-order chi connectivity index (χ1) is 11.8. The van der Waals surface area contributed by atoms with E-state index in [1.165, 1.54) is 0 Å². The summed E-state index contributed by atoms with van der Waals surface area (Å²) in [6, 6.07) is 17.2. The van der Waals surface area contributed by atoms with Gasteiger partial charge in [0.05, 0.1) is 6.33 Å². The highest BCUT2D eigenvalue weighted by Gasteiger charge is 2.32. The molecule has 1 aliphatic rings. The highest BCUT2D eigenvalue weighted by Crippen LogP contribution is 2.26. The Bertz CT molecular complexity index is 942. The molecule has 0 N–H and O–H groups in total. The van der Waals surface area contributed by atoms with Crippen LogP contribution >= 0.6 is 0 Å². The minimum absolute atomic E-state index is 0.0393. The number of rotatable bonds is 3. The first-order valence-corrected chi connectivity index (χ1v) is 7.65. The Hall–Kier alpha value is -3.21. The number of carbonyl (C=O) groups is 1. The minimum Gasteiger partial charge on any atom is -0.390 e. The Balaban J connectivity index is 1.74. The number of carbonyl (C=O) groups excluding carboxylic acids is 1. The summed E-state index contributed by atoms with van der Waals surface area (Å²) in [7, 11) is 1.81. The summed E-state index contributed by atoms with van der Waals surface area (Å²) in [5, 5.41) is 4.30. The molecule has 118 valence electrons. The average Bonchev–Trinajstić information content (AvgIpc) is 3.01. The third kappa shape index (κ3) is 2.31. The lowest BCUT2D eigenvalue weighted by Crippen LogP contribution is -2.23. The molecule has 1 aromatic heterocycles. The first kappa shape index (κ1) is 14.4. The van der Waals surface area contributed by atoms with E-state index in [0.717, 1.165) is 11.1 Å². The molecule has 0 saturated heterocycles. The van der Waals surface area contributed by atoms with Crippen LogP contribution in [0.1, 0.15) is 32.9 Å². The van der Waals surface area contributed by atoms with Crippen molar-refractivity contribution < 1.29 is 9.63 Å². The molecule has 0 amide bonds. The van der Waals surface area contributed by atoms with Crippen LogP contribution in [0, 0.1) is 0 Å². The van der Waals surface area contributed by atoms with E-state index in [4.69, 9.17) is 4.84 Å². The molecule has 0 bridgehead atoms. The summed E-state index contributed by atoms with van der Waals surface area (Å²) in [5.41, 5.74) is 4.10. The Labute approximate surface area is 139 Å². The zero-order chi connectivity index (χ0) is 16.5. The van der Waals surface area contributed by atoms with Gasteiger partial charge in [-0.3, -0.25) is 4.79 Å². The van der Waals surface area contributed by atoms with Crippen molar-refractivity contribution in [3.05, 3.63) is 89.0 Å². The lowest BCUT2D eigenvalue weighted by molar-refractivity contribution is 0.102. The second-order valence-corrected chi connectivity index (χ2v) is 5.63. The number of aromatic nitrogens is 2. The summed E-state index contributed by atoms with van der Waals surface area (Å²) < 4.78 is 1.72. The summed E-state index contributed by atoms with van der Waals surface area (Å²) >= 11 is 0. The summed E-state index contributed by atoms with van der Waals surface area (Å²) in [6.45, 7) is 0.364. The van der Waals surface area contributed by atoms with Gasteiger partial charge < -0.3 is 9.40 Å². The third-order valence-electron chi connectivity index (χ3n) is 4.03. The normalized spacial score (nSPS) is 14.4. The van der Waals surface area contributed by atoms with Crippen LogP contribution < -0.4 is 0 Å². The van der Waals surface area contributed by atoms with Gasteiger partial charge in [-0.1, -0.05) is 59.8 Å². The van der Waals surface area contributed by atoms with Crippen molar-refractivity contribution in [2.45, 2.75) is 6.61 Å². The number of ketones is 1. The summed E-state index contributed by atoms with van der Waals surface area (Å²) in [5.74, 6) is -0.0393. The zero-order valence-corrected chi connectivity index (χ0v) is 13.1. The molecule has 0 saturated carbocycles. The van der Waals surface area contributed by atoms with Crippen molar-refractivity contribution in [3.8, 4) is 0 Å². The molecule has 0 radical (unpaired) electrons. The largest absolute Gasteiger partial charge is 0.390 e. The van der Waals surface area contributed by atoms with Crippen LogP contribution in [0.25, 0.3) is 0 Å². The van der Waals surface area contributed by atoms with Gasteiger partial charge in [0.25, 0.3) is 0 Å². The predicted octanol–water partition coefficient (Wildman–Crippen LogP) is 2.93. The quantitative estimate of drug-likeness (QED) is 0.546. The maximum atomic E-state index is 12.7. The number of oxime groups is 1. The number of aryl methyl sites for hydroxylation is 1. The Morgan fingerprint density at radius 3 is 2.54 bits per heavy atom. The molecule has 1 aliphatic carbocycles. The van der Waals surface area contributed by atoms with Crippen molar-refractivity contribution in [2.75, 3.05) is 0 Å². The Kier molecular flexibility index (Phi) is 3.46. The molecule has 24 heavy (non-hydrogen) atoms. The van der Waals surface area contributed by atoms with E-state index in [9.17, 15) is 4.79 Å². The van der Waals surface area contributed by atoms with Crippen molar-refractivity contribution in [1.29, 1.82) is 0 Å². The van der Waals surface area contributed by atoms with E-state index in [2.05, 4.69) is 10.1 Å². The molecule has 0 fully saturated rings. The van der Waals surface area contributed by atoms with E-state index in [1.807, 2.05) is 48.5 Å². The molecule has 3 aromatic rings. The van der Waals surface area contributed by atoms with Gasteiger partial charge in [-0.2, -0.15) is 0 Å². The smallest absolute Gasteiger partial charge is 0.212 e. The van der Waals surface area contributed by atoms with Gasteiger partial charge in [-0.25, -0.2) is 4.98 Å². The van der Waals surface area contributed by atoms with Gasteiger partial charge in [-0.05, 0) is 5.56 Å². The minimum atomic E-state index is -0.0393. The van der Waals surface area contributed by atoms with Crippen LogP contribution in [0.4, 0.5) is 0 Å². The van der Waals surface area contributed by atoms with E-state index >= 15 is 0 Å². The average molecular weight is 317 g/mol. The van der Waals surface area contributed by atoms with Gasteiger partial charge in [0, 0.05) is 18.2 Å². The summed E-state index contributed by atoms with van der Waals surface area (Å²) in [4.78, 5) is 22.6. The van der Waals surface area contributed by atoms with E-state index in [0.29, 0.717) is 29.3 Å². The third-order valence-corrected chi connectivity index (χ3v) is 4.03. The molecule has 0 aliphatic heterocycles. The molecule has 0 spiro atoms. The molecule has 2 aromatic carbocycles. The van der Waals surface area contributed by atoms with Crippen LogP contribution in [0.2, 0.25) is 0 Å². The fraction of sp³-hybridized carbons (Fsp3) is 0.105. The lowest BCUT2D eigenvalue weighted by atomic mass is 9.89. The Morgan fingerprint density at radius 2 is 1.75 bits per heavy atom. The van der Waals surface area contributed by atoms with Gasteiger partial charge in [0.1, 0.15) is 23.7 Å². The topological polar surface area (TPSA) is 56.5 Å². The van der Waals surface area contributed by atoms with Gasteiger partial charge in [-0.15, -0.1) is 0 Å². The second kappa shape index (κ2) is 5.77. The highest BCUT2D eigenvalue weighted by atomic mass is 16.6. The van der Waals surface area contributed by atoms with E-state index < -0.39 is 0 Å². The molecule has 5 nitrogen and oxygen atoms in total. The number of hydrogen-bond acceptors (Lipinski definition) is 4. The standard InChI is InChI=1S/C19H15N3O2/c1-22-12-20-17-16(21-24-11-13-7-3-2-4-8-13)14-9-5-6-10-15(14)19(23)18(17)22/h2-10,12H,11H2,1H3. The SMILES string of the molecule is Cn1cnc2c1C(=O)c1ccccc1C2=NOCc1ccccc1. The maximum Gasteiger partial charge on any atom is 0.212 e. The fourth-order valence-corrected chi connectivity index (χ4v) is 2.85. The zero-order valence-electron chi connectivity index (χ0n) is 13.1.